The maximum absolute atomic E-state index is 12.1. The van der Waals surface area contributed by atoms with Crippen LogP contribution in [0.2, 0.25) is 0 Å². The summed E-state index contributed by atoms with van der Waals surface area (Å²) < 4.78 is 15.9. The van der Waals surface area contributed by atoms with Crippen molar-refractivity contribution in [2.75, 3.05) is 13.2 Å². The van der Waals surface area contributed by atoms with Gasteiger partial charge >= 0.3 is 11.7 Å². The first kappa shape index (κ1) is 19.2. The molecule has 7 nitrogen and oxygen atoms in total. The summed E-state index contributed by atoms with van der Waals surface area (Å²) >= 11 is 0. The first-order chi connectivity index (χ1) is 10.9. The number of carbonyl (C=O) groups excluding carboxylic acids is 2. The normalized spacial score (nSPS) is 15.6. The Balaban J connectivity index is 2.69. The largest absolute Gasteiger partial charge is 0.453 e. The minimum absolute atomic E-state index is 0.0774. The van der Waals surface area contributed by atoms with Gasteiger partial charge in [0, 0.05) is 0 Å². The molecule has 128 valence electrons. The lowest BCUT2D eigenvalue weighted by Crippen LogP contribution is -2.37. The molecule has 1 rings (SSSR count). The van der Waals surface area contributed by atoms with Crippen LogP contribution >= 0.6 is 0 Å². The van der Waals surface area contributed by atoms with E-state index in [2.05, 4.69) is 4.79 Å². The Bertz CT molecular complexity index is 489. The Morgan fingerprint density at radius 2 is 1.70 bits per heavy atom. The van der Waals surface area contributed by atoms with Crippen LogP contribution in [0.4, 0.5) is 0 Å². The molecule has 0 unspecified atom stereocenters. The fraction of sp³-hybridized carbons (Fsp3) is 0.688. The van der Waals surface area contributed by atoms with Gasteiger partial charge in [0.1, 0.15) is 6.10 Å². The Hall–Kier alpha value is -1.82. The summed E-state index contributed by atoms with van der Waals surface area (Å²) in [6, 6.07) is 0. The molecule has 0 radical (unpaired) electrons. The zero-order chi connectivity index (χ0) is 17.4. The highest BCUT2D eigenvalue weighted by molar-refractivity contribution is 6.62. The third-order valence-electron chi connectivity index (χ3n) is 3.39. The highest BCUT2D eigenvalue weighted by Gasteiger charge is 2.36. The number of hydrogen-bond donors (Lipinski definition) is 0. The maximum Gasteiger partial charge on any atom is 0.441 e. The van der Waals surface area contributed by atoms with E-state index in [1.54, 1.807) is 12.2 Å². The lowest BCUT2D eigenvalue weighted by Gasteiger charge is -2.23. The van der Waals surface area contributed by atoms with Gasteiger partial charge in [-0.1, -0.05) is 39.8 Å². The highest BCUT2D eigenvalue weighted by atomic mass is 16.7. The molecule has 0 atom stereocenters. The predicted octanol–water partition coefficient (Wildman–Crippen LogP) is 1.77. The third kappa shape index (κ3) is 6.06. The number of ether oxygens (including phenoxy) is 3. The summed E-state index contributed by atoms with van der Waals surface area (Å²) in [7, 11) is 0. The van der Waals surface area contributed by atoms with Crippen molar-refractivity contribution in [3.05, 3.63) is 17.7 Å². The first-order valence-corrected chi connectivity index (χ1v) is 7.71. The molecule has 0 N–H and O–H groups in total. The SMILES string of the molecule is CC(C)C(OC(=O)C(=[N+]=[N-])C(=O)CC1OCC=CCO1)C(C)C. The fourth-order valence-electron chi connectivity index (χ4n) is 2.31. The zero-order valence-electron chi connectivity index (χ0n) is 14.0. The number of hydrogen-bond acceptors (Lipinski definition) is 5. The van der Waals surface area contributed by atoms with Crippen LogP contribution in [0.5, 0.6) is 0 Å². The van der Waals surface area contributed by atoms with Gasteiger partial charge in [0.2, 0.25) is 0 Å². The Kier molecular flexibility index (Phi) is 7.81. The van der Waals surface area contributed by atoms with E-state index in [4.69, 9.17) is 19.7 Å². The minimum atomic E-state index is -0.934. The van der Waals surface area contributed by atoms with Gasteiger partial charge in [-0.25, -0.2) is 4.79 Å². The van der Waals surface area contributed by atoms with Gasteiger partial charge in [0.05, 0.1) is 19.6 Å². The predicted molar refractivity (Wildman–Crippen MR) is 82.6 cm³/mol. The van der Waals surface area contributed by atoms with Gasteiger partial charge in [0.25, 0.3) is 5.78 Å². The molecule has 0 aromatic carbocycles. The van der Waals surface area contributed by atoms with E-state index in [-0.39, 0.29) is 24.4 Å². The molecule has 0 aromatic heterocycles. The van der Waals surface area contributed by atoms with Gasteiger partial charge in [0.15, 0.2) is 6.29 Å². The van der Waals surface area contributed by atoms with Gasteiger partial charge in [-0.3, -0.25) is 4.79 Å². The van der Waals surface area contributed by atoms with E-state index in [1.165, 1.54) is 0 Å². The number of Topliss-reactive ketones (excluding diaryl/α,β-unsaturated/α-hetero) is 1. The lowest BCUT2D eigenvalue weighted by molar-refractivity contribution is -0.154. The average molecular weight is 324 g/mol. The molecule has 0 saturated carbocycles. The Morgan fingerprint density at radius 1 is 1.17 bits per heavy atom. The van der Waals surface area contributed by atoms with Crippen LogP contribution in [0, 0.1) is 11.8 Å². The van der Waals surface area contributed by atoms with Crippen molar-refractivity contribution in [3.8, 4) is 0 Å². The third-order valence-corrected chi connectivity index (χ3v) is 3.39. The van der Waals surface area contributed by atoms with E-state index in [0.717, 1.165) is 0 Å². The van der Waals surface area contributed by atoms with Crippen LogP contribution in [0.1, 0.15) is 34.1 Å². The summed E-state index contributed by atoms with van der Waals surface area (Å²) in [5, 5.41) is 0. The molecule has 1 heterocycles. The molecule has 0 aliphatic carbocycles. The molecule has 7 heteroatoms. The van der Waals surface area contributed by atoms with Crippen molar-refractivity contribution < 1.29 is 28.6 Å². The number of ketones is 1. The van der Waals surface area contributed by atoms with Crippen molar-refractivity contribution in [2.45, 2.75) is 46.5 Å². The smallest absolute Gasteiger partial charge is 0.441 e. The minimum Gasteiger partial charge on any atom is -0.453 e. The second-order valence-corrected chi connectivity index (χ2v) is 6.00. The molecule has 1 aliphatic heterocycles. The van der Waals surface area contributed by atoms with Crippen LogP contribution in [0.3, 0.4) is 0 Å². The van der Waals surface area contributed by atoms with Crippen LogP contribution in [-0.2, 0) is 23.8 Å². The molecule has 0 saturated heterocycles. The van der Waals surface area contributed by atoms with Crippen LogP contribution < -0.4 is 0 Å². The van der Waals surface area contributed by atoms with Crippen molar-refractivity contribution in [1.29, 1.82) is 0 Å². The quantitative estimate of drug-likeness (QED) is 0.177. The summed E-state index contributed by atoms with van der Waals surface area (Å²) in [6.45, 7) is 8.28. The number of carbonyl (C=O) groups is 2. The van der Waals surface area contributed by atoms with Crippen LogP contribution in [0.25, 0.3) is 5.53 Å². The highest BCUT2D eigenvalue weighted by Crippen LogP contribution is 2.17. The Labute approximate surface area is 136 Å². The molecule has 23 heavy (non-hydrogen) atoms. The van der Waals surface area contributed by atoms with Gasteiger partial charge in [-0.15, -0.1) is 0 Å². The van der Waals surface area contributed by atoms with E-state index < -0.39 is 23.8 Å². The maximum atomic E-state index is 12.1. The number of nitrogens with zero attached hydrogens (tertiary/aromatic N) is 2. The molecular formula is C16H24N2O5. The van der Waals surface area contributed by atoms with E-state index in [0.29, 0.717) is 13.2 Å². The molecule has 0 aromatic rings. The summed E-state index contributed by atoms with van der Waals surface area (Å²) in [6.07, 6.45) is 2.17. The average Bonchev–Trinajstić information content (AvgIpc) is 2.73. The standard InChI is InChI=1S/C16H24N2O5/c1-10(2)15(11(3)4)23-16(20)14(18-17)12(19)9-13-21-7-5-6-8-22-13/h5-6,10-11,13,15H,7-9H2,1-4H3. The van der Waals surface area contributed by atoms with Crippen molar-refractivity contribution >= 4 is 17.5 Å². The first-order valence-electron chi connectivity index (χ1n) is 7.71. The molecule has 1 aliphatic rings. The van der Waals surface area contributed by atoms with E-state index in [1.807, 2.05) is 27.7 Å². The zero-order valence-corrected chi connectivity index (χ0v) is 14.0. The van der Waals surface area contributed by atoms with Crippen LogP contribution in [-0.4, -0.2) is 47.9 Å². The molecule has 0 spiro atoms. The van der Waals surface area contributed by atoms with Crippen molar-refractivity contribution in [1.82, 2.24) is 0 Å². The Morgan fingerprint density at radius 3 is 2.13 bits per heavy atom. The van der Waals surface area contributed by atoms with Gasteiger partial charge < -0.3 is 19.7 Å². The molecule has 0 amide bonds. The van der Waals surface area contributed by atoms with Gasteiger partial charge in [-0.05, 0) is 11.8 Å². The van der Waals surface area contributed by atoms with Gasteiger partial charge in [-0.2, -0.15) is 4.79 Å². The molecule has 0 fully saturated rings. The second-order valence-electron chi connectivity index (χ2n) is 6.00. The van der Waals surface area contributed by atoms with E-state index >= 15 is 0 Å². The van der Waals surface area contributed by atoms with E-state index in [9.17, 15) is 9.59 Å². The molecule has 0 bridgehead atoms. The summed E-state index contributed by atoms with van der Waals surface area (Å²) in [5.74, 6) is -1.46. The number of rotatable bonds is 7. The van der Waals surface area contributed by atoms with Crippen LogP contribution in [0.15, 0.2) is 12.2 Å². The lowest BCUT2D eigenvalue weighted by atomic mass is 9.96. The molecular weight excluding hydrogens is 300 g/mol. The van der Waals surface area contributed by atoms with Crippen molar-refractivity contribution in [2.24, 2.45) is 11.8 Å². The summed E-state index contributed by atoms with van der Waals surface area (Å²) in [5.41, 5.74) is 8.38. The van der Waals surface area contributed by atoms with Crippen molar-refractivity contribution in [3.63, 3.8) is 0 Å². The second kappa shape index (κ2) is 9.35. The fourth-order valence-corrected chi connectivity index (χ4v) is 2.31. The monoisotopic (exact) mass is 324 g/mol. The number of esters is 1. The summed E-state index contributed by atoms with van der Waals surface area (Å²) in [4.78, 5) is 27.1. The topological polar surface area (TPSA) is 98.2 Å².